The molecule has 1 nitrogen and oxygen atoms in total. The summed E-state index contributed by atoms with van der Waals surface area (Å²) < 4.78 is 0. The van der Waals surface area contributed by atoms with Gasteiger partial charge < -0.3 is 4.90 Å². The smallest absolute Gasteiger partial charge is 0.0810 e. The zero-order chi connectivity index (χ0) is 13.1. The highest BCUT2D eigenvalue weighted by atomic mass is 32.1. The molecule has 1 heterocycles. The summed E-state index contributed by atoms with van der Waals surface area (Å²) in [4.78, 5) is 3.44. The van der Waals surface area contributed by atoms with Crippen molar-refractivity contribution in [1.29, 1.82) is 0 Å². The minimum Gasteiger partial charge on any atom is -0.369 e. The second kappa shape index (κ2) is 6.22. The first-order valence-corrected chi connectivity index (χ1v) is 7.44. The maximum Gasteiger partial charge on any atom is 0.0810 e. The predicted molar refractivity (Wildman–Crippen MR) is 80.8 cm³/mol. The van der Waals surface area contributed by atoms with Crippen LogP contribution in [0.5, 0.6) is 0 Å². The number of piperidine rings is 1. The number of rotatable bonds is 0. The van der Waals surface area contributed by atoms with E-state index < -0.39 is 0 Å². The molecule has 1 aliphatic carbocycles. The predicted octanol–water partition coefficient (Wildman–Crippen LogP) is 3.83. The Bertz CT molecular complexity index is 265. The molecule has 1 saturated heterocycles. The van der Waals surface area contributed by atoms with E-state index >= 15 is 0 Å². The van der Waals surface area contributed by atoms with Gasteiger partial charge in [0.1, 0.15) is 0 Å². The molecule has 2 rings (SSSR count). The van der Waals surface area contributed by atoms with Crippen LogP contribution in [0, 0.1) is 11.8 Å². The third kappa shape index (κ3) is 3.71. The minimum absolute atomic E-state index is 0.0466. The quantitative estimate of drug-likeness (QED) is 0.475. The number of hydrogen-bond acceptors (Lipinski definition) is 1. The van der Waals surface area contributed by atoms with Crippen LogP contribution in [0.2, 0.25) is 5.31 Å². The first kappa shape index (κ1) is 15.0. The van der Waals surface area contributed by atoms with Gasteiger partial charge in [-0.15, -0.1) is 0 Å². The summed E-state index contributed by atoms with van der Waals surface area (Å²) >= 11 is 5.55. The van der Waals surface area contributed by atoms with Crippen molar-refractivity contribution < 1.29 is 0 Å². The molecule has 2 aliphatic rings. The molecule has 3 unspecified atom stereocenters. The summed E-state index contributed by atoms with van der Waals surface area (Å²) in [6, 6.07) is 0. The van der Waals surface area contributed by atoms with Crippen LogP contribution >= 0.6 is 12.2 Å². The fourth-order valence-corrected chi connectivity index (χ4v) is 3.59. The van der Waals surface area contributed by atoms with Gasteiger partial charge in [0.2, 0.25) is 0 Å². The SMILES string of the molecule is CC.[B]C1(C)CCCC2C(=S)N(C)CCC2C1. The molecule has 0 N–H and O–H groups in total. The second-order valence-electron chi connectivity index (χ2n) is 5.67. The highest BCUT2D eigenvalue weighted by molar-refractivity contribution is 7.80. The van der Waals surface area contributed by atoms with Gasteiger partial charge in [0.05, 0.1) is 12.8 Å². The molecule has 0 amide bonds. The first-order valence-electron chi connectivity index (χ1n) is 7.03. The Hall–Kier alpha value is -0.0451. The van der Waals surface area contributed by atoms with Crippen molar-refractivity contribution in [3.8, 4) is 0 Å². The molecule has 17 heavy (non-hydrogen) atoms. The molecule has 0 spiro atoms. The molecule has 1 aliphatic heterocycles. The van der Waals surface area contributed by atoms with Gasteiger partial charge in [0, 0.05) is 19.5 Å². The summed E-state index contributed by atoms with van der Waals surface area (Å²) in [7, 11) is 8.44. The van der Waals surface area contributed by atoms with Crippen molar-refractivity contribution in [3.05, 3.63) is 0 Å². The average Bonchev–Trinajstić information content (AvgIpc) is 2.45. The Morgan fingerprint density at radius 1 is 1.35 bits per heavy atom. The topological polar surface area (TPSA) is 3.24 Å². The monoisotopic (exact) mass is 251 g/mol. The Balaban J connectivity index is 0.000000686. The van der Waals surface area contributed by atoms with Crippen molar-refractivity contribution >= 4 is 25.1 Å². The van der Waals surface area contributed by atoms with Crippen LogP contribution in [0.4, 0.5) is 0 Å². The maximum atomic E-state index is 6.31. The second-order valence-corrected chi connectivity index (χ2v) is 6.08. The van der Waals surface area contributed by atoms with Crippen LogP contribution in [0.25, 0.3) is 0 Å². The molecule has 2 fully saturated rings. The van der Waals surface area contributed by atoms with Crippen molar-refractivity contribution in [2.75, 3.05) is 13.6 Å². The van der Waals surface area contributed by atoms with Gasteiger partial charge >= 0.3 is 0 Å². The lowest BCUT2D eigenvalue weighted by molar-refractivity contribution is 0.261. The lowest BCUT2D eigenvalue weighted by atomic mass is 9.63. The Morgan fingerprint density at radius 3 is 2.65 bits per heavy atom. The lowest BCUT2D eigenvalue weighted by Gasteiger charge is -2.39. The third-order valence-electron chi connectivity index (χ3n) is 4.09. The maximum absolute atomic E-state index is 6.31. The fraction of sp³-hybridized carbons (Fsp3) is 0.929. The molecule has 3 heteroatoms. The van der Waals surface area contributed by atoms with Crippen LogP contribution in [-0.2, 0) is 0 Å². The number of thiocarbonyl (C=S) groups is 1. The normalized spacial score (nSPS) is 37.6. The van der Waals surface area contributed by atoms with Crippen LogP contribution in [0.3, 0.4) is 0 Å². The molecular formula is C14H26BNS. The Labute approximate surface area is 114 Å². The van der Waals surface area contributed by atoms with E-state index in [1.807, 2.05) is 13.8 Å². The molecule has 0 aromatic carbocycles. The van der Waals surface area contributed by atoms with Crippen molar-refractivity contribution in [3.63, 3.8) is 0 Å². The zero-order valence-electron chi connectivity index (χ0n) is 11.8. The van der Waals surface area contributed by atoms with E-state index in [0.717, 1.165) is 25.3 Å². The van der Waals surface area contributed by atoms with E-state index in [1.165, 1.54) is 24.3 Å². The largest absolute Gasteiger partial charge is 0.369 e. The molecule has 0 aromatic rings. The lowest BCUT2D eigenvalue weighted by Crippen LogP contribution is -2.42. The van der Waals surface area contributed by atoms with Gasteiger partial charge in [-0.1, -0.05) is 57.6 Å². The molecule has 96 valence electrons. The minimum atomic E-state index is 0.0466. The van der Waals surface area contributed by atoms with Crippen molar-refractivity contribution in [2.45, 2.75) is 58.2 Å². The van der Waals surface area contributed by atoms with E-state index in [9.17, 15) is 0 Å². The molecule has 0 aromatic heterocycles. The van der Waals surface area contributed by atoms with Crippen molar-refractivity contribution in [1.82, 2.24) is 4.90 Å². The van der Waals surface area contributed by atoms with E-state index in [0.29, 0.717) is 5.92 Å². The fourth-order valence-electron chi connectivity index (χ4n) is 3.19. The molecular weight excluding hydrogens is 225 g/mol. The summed E-state index contributed by atoms with van der Waals surface area (Å²) in [6.45, 7) is 7.33. The van der Waals surface area contributed by atoms with Gasteiger partial charge in [-0.2, -0.15) is 0 Å². The van der Waals surface area contributed by atoms with Gasteiger partial charge in [-0.25, -0.2) is 0 Å². The summed E-state index contributed by atoms with van der Waals surface area (Å²) in [5.74, 6) is 1.37. The Morgan fingerprint density at radius 2 is 2.00 bits per heavy atom. The molecule has 1 saturated carbocycles. The Kier molecular flexibility index (Phi) is 5.49. The molecule has 3 atom stereocenters. The van der Waals surface area contributed by atoms with Gasteiger partial charge in [-0.3, -0.25) is 0 Å². The third-order valence-corrected chi connectivity index (χ3v) is 4.70. The summed E-state index contributed by atoms with van der Waals surface area (Å²) in [5, 5.41) is 0.0466. The molecule has 0 bridgehead atoms. The highest BCUT2D eigenvalue weighted by Gasteiger charge is 2.37. The van der Waals surface area contributed by atoms with Crippen LogP contribution in [-0.4, -0.2) is 31.3 Å². The van der Waals surface area contributed by atoms with Gasteiger partial charge in [0.15, 0.2) is 0 Å². The van der Waals surface area contributed by atoms with E-state index in [-0.39, 0.29) is 5.31 Å². The van der Waals surface area contributed by atoms with Crippen LogP contribution < -0.4 is 0 Å². The van der Waals surface area contributed by atoms with Crippen molar-refractivity contribution in [2.24, 2.45) is 11.8 Å². The number of hydrogen-bond donors (Lipinski definition) is 0. The van der Waals surface area contributed by atoms with Crippen LogP contribution in [0.15, 0.2) is 0 Å². The summed E-state index contributed by atoms with van der Waals surface area (Å²) in [5.41, 5.74) is 0. The highest BCUT2D eigenvalue weighted by Crippen LogP contribution is 2.46. The number of fused-ring (bicyclic) bond motifs is 1. The van der Waals surface area contributed by atoms with Crippen LogP contribution in [0.1, 0.15) is 52.9 Å². The number of nitrogens with zero attached hydrogens (tertiary/aromatic N) is 1. The van der Waals surface area contributed by atoms with Gasteiger partial charge in [-0.05, 0) is 18.8 Å². The van der Waals surface area contributed by atoms with E-state index in [4.69, 9.17) is 20.1 Å². The van der Waals surface area contributed by atoms with Gasteiger partial charge in [0.25, 0.3) is 0 Å². The zero-order valence-corrected chi connectivity index (χ0v) is 12.6. The first-order chi connectivity index (χ1) is 7.99. The average molecular weight is 251 g/mol. The summed E-state index contributed by atoms with van der Waals surface area (Å²) in [6.07, 6.45) is 6.08. The standard InChI is InChI=1S/C12H20BNS.C2H6/c1-12(13)6-3-4-10-9(8-12)5-7-14(2)11(10)15;1-2/h9-10H,3-8H2,1-2H3;1-2H3. The molecule has 2 radical (unpaired) electrons. The van der Waals surface area contributed by atoms with E-state index in [1.54, 1.807) is 0 Å². The number of likely N-dealkylation sites (tertiary alicyclic amines) is 1. The van der Waals surface area contributed by atoms with E-state index in [2.05, 4.69) is 18.9 Å².